The quantitative estimate of drug-likeness (QED) is 0.467. The largest absolute Gasteiger partial charge is 0.487 e. The Balaban J connectivity index is 1.47. The van der Waals surface area contributed by atoms with Crippen LogP contribution in [0.5, 0.6) is 5.75 Å². The minimum absolute atomic E-state index is 0.139. The maximum absolute atomic E-state index is 13.0. The van der Waals surface area contributed by atoms with Gasteiger partial charge in [0.1, 0.15) is 12.4 Å². The van der Waals surface area contributed by atoms with E-state index in [-0.39, 0.29) is 11.9 Å². The number of fused-ring (bicyclic) bond motifs is 1. The molecule has 5 heteroatoms. The summed E-state index contributed by atoms with van der Waals surface area (Å²) in [5.74, 6) is 0.600. The first-order valence-electron chi connectivity index (χ1n) is 10.3. The fourth-order valence-corrected chi connectivity index (χ4v) is 3.48. The molecular formula is C26H25N3O2. The van der Waals surface area contributed by atoms with E-state index in [9.17, 15) is 4.79 Å². The van der Waals surface area contributed by atoms with E-state index in [4.69, 9.17) is 4.74 Å². The van der Waals surface area contributed by atoms with E-state index in [0.717, 1.165) is 39.2 Å². The maximum atomic E-state index is 13.0. The molecule has 5 nitrogen and oxygen atoms in total. The first-order chi connectivity index (χ1) is 15.0. The lowest BCUT2D eigenvalue weighted by Gasteiger charge is -2.17. The van der Waals surface area contributed by atoms with Crippen molar-refractivity contribution in [2.45, 2.75) is 33.4 Å². The number of carbonyl (C=O) groups excluding carboxylic acids is 1. The summed E-state index contributed by atoms with van der Waals surface area (Å²) in [6, 6.07) is 21.3. The van der Waals surface area contributed by atoms with E-state index in [0.29, 0.717) is 12.2 Å². The topological polar surface area (TPSA) is 64.1 Å². The Kier molecular flexibility index (Phi) is 5.94. The van der Waals surface area contributed by atoms with Crippen molar-refractivity contribution < 1.29 is 9.53 Å². The van der Waals surface area contributed by atoms with Crippen molar-refractivity contribution >= 4 is 16.8 Å². The molecule has 2 heterocycles. The molecule has 0 saturated carbocycles. The van der Waals surface area contributed by atoms with Gasteiger partial charge in [0, 0.05) is 11.6 Å². The predicted molar refractivity (Wildman–Crippen MR) is 122 cm³/mol. The average molecular weight is 412 g/mol. The van der Waals surface area contributed by atoms with Crippen molar-refractivity contribution in [2.24, 2.45) is 0 Å². The third-order valence-electron chi connectivity index (χ3n) is 5.23. The molecule has 0 spiro atoms. The van der Waals surface area contributed by atoms with Gasteiger partial charge in [-0.05, 0) is 68.3 Å². The van der Waals surface area contributed by atoms with Crippen LogP contribution in [0.4, 0.5) is 0 Å². The van der Waals surface area contributed by atoms with Crippen LogP contribution < -0.4 is 10.1 Å². The molecule has 0 aliphatic heterocycles. The monoisotopic (exact) mass is 411 g/mol. The molecule has 4 aromatic rings. The summed E-state index contributed by atoms with van der Waals surface area (Å²) in [6.45, 7) is 6.26. The molecule has 2 aromatic carbocycles. The van der Waals surface area contributed by atoms with Crippen LogP contribution in [0.15, 0.2) is 72.9 Å². The second kappa shape index (κ2) is 8.96. The number of rotatable bonds is 6. The van der Waals surface area contributed by atoms with Crippen molar-refractivity contribution in [3.8, 4) is 5.75 Å². The molecule has 0 aliphatic rings. The molecule has 0 aliphatic carbocycles. The molecule has 4 rings (SSSR count). The summed E-state index contributed by atoms with van der Waals surface area (Å²) >= 11 is 0. The van der Waals surface area contributed by atoms with Crippen LogP contribution >= 0.6 is 0 Å². The first kappa shape index (κ1) is 20.5. The van der Waals surface area contributed by atoms with Gasteiger partial charge >= 0.3 is 0 Å². The fourth-order valence-electron chi connectivity index (χ4n) is 3.48. The van der Waals surface area contributed by atoms with Gasteiger partial charge in [-0.1, -0.05) is 30.3 Å². The smallest absolute Gasteiger partial charge is 0.253 e. The molecule has 2 aromatic heterocycles. The number of nitrogens with one attached hydrogen (secondary N) is 1. The van der Waals surface area contributed by atoms with Gasteiger partial charge in [0.05, 0.1) is 28.5 Å². The average Bonchev–Trinajstić information content (AvgIpc) is 2.78. The van der Waals surface area contributed by atoms with E-state index >= 15 is 0 Å². The molecule has 0 fully saturated rings. The van der Waals surface area contributed by atoms with Gasteiger partial charge in [0.2, 0.25) is 0 Å². The van der Waals surface area contributed by atoms with Gasteiger partial charge in [-0.25, -0.2) is 0 Å². The Morgan fingerprint density at radius 2 is 1.90 bits per heavy atom. The summed E-state index contributed by atoms with van der Waals surface area (Å²) in [4.78, 5) is 21.9. The lowest BCUT2D eigenvalue weighted by Crippen LogP contribution is -2.27. The standard InChI is InChI=1S/C26H25N3O2/c1-17-10-11-21-15-24(19(3)28-25(21)13-17)26(30)29-18(2)20-7-6-9-23(14-20)31-16-22-8-4-5-12-27-22/h4-15,18H,16H2,1-3H3,(H,29,30). The molecule has 1 N–H and O–H groups in total. The molecule has 1 atom stereocenters. The molecule has 1 amide bonds. The number of hydrogen-bond donors (Lipinski definition) is 1. The number of amides is 1. The summed E-state index contributed by atoms with van der Waals surface area (Å²) in [6.07, 6.45) is 1.75. The number of pyridine rings is 2. The Hall–Kier alpha value is -3.73. The Morgan fingerprint density at radius 1 is 1.03 bits per heavy atom. The van der Waals surface area contributed by atoms with Gasteiger partial charge in [0.15, 0.2) is 0 Å². The third-order valence-corrected chi connectivity index (χ3v) is 5.23. The zero-order valence-electron chi connectivity index (χ0n) is 17.9. The normalized spacial score (nSPS) is 11.8. The van der Waals surface area contributed by atoms with E-state index in [1.165, 1.54) is 0 Å². The fraction of sp³-hybridized carbons (Fsp3) is 0.192. The number of nitrogens with zero attached hydrogens (tertiary/aromatic N) is 2. The van der Waals surface area contributed by atoms with Crippen LogP contribution in [0.1, 0.15) is 45.8 Å². The van der Waals surface area contributed by atoms with E-state index in [1.807, 2.05) is 87.5 Å². The Morgan fingerprint density at radius 3 is 2.71 bits per heavy atom. The van der Waals surface area contributed by atoms with Crippen molar-refractivity contribution in [3.63, 3.8) is 0 Å². The number of carbonyl (C=O) groups is 1. The third kappa shape index (κ3) is 4.89. The van der Waals surface area contributed by atoms with Gasteiger partial charge < -0.3 is 10.1 Å². The zero-order valence-corrected chi connectivity index (χ0v) is 17.9. The highest BCUT2D eigenvalue weighted by Crippen LogP contribution is 2.22. The molecule has 156 valence electrons. The second-order valence-electron chi connectivity index (χ2n) is 7.69. The summed E-state index contributed by atoms with van der Waals surface area (Å²) < 4.78 is 5.86. The molecular weight excluding hydrogens is 386 g/mol. The number of aromatic nitrogens is 2. The highest BCUT2D eigenvalue weighted by molar-refractivity contribution is 5.98. The van der Waals surface area contributed by atoms with Crippen molar-refractivity contribution in [1.29, 1.82) is 0 Å². The molecule has 1 unspecified atom stereocenters. The van der Waals surface area contributed by atoms with Crippen LogP contribution in [-0.2, 0) is 6.61 Å². The summed E-state index contributed by atoms with van der Waals surface area (Å²) in [5, 5.41) is 4.04. The SMILES string of the molecule is Cc1ccc2cc(C(=O)NC(C)c3cccc(OCc4ccccn4)c3)c(C)nc2c1. The highest BCUT2D eigenvalue weighted by Gasteiger charge is 2.16. The van der Waals surface area contributed by atoms with Crippen LogP contribution in [-0.4, -0.2) is 15.9 Å². The summed E-state index contributed by atoms with van der Waals surface area (Å²) in [5.41, 5.74) is 5.19. The number of benzene rings is 2. The minimum atomic E-state index is -0.181. The van der Waals surface area contributed by atoms with Gasteiger partial charge in [-0.2, -0.15) is 0 Å². The Labute approximate surface area is 182 Å². The minimum Gasteiger partial charge on any atom is -0.487 e. The zero-order chi connectivity index (χ0) is 21.8. The molecule has 31 heavy (non-hydrogen) atoms. The summed E-state index contributed by atoms with van der Waals surface area (Å²) in [7, 11) is 0. The first-order valence-corrected chi connectivity index (χ1v) is 10.3. The van der Waals surface area contributed by atoms with Crippen LogP contribution in [0.2, 0.25) is 0 Å². The van der Waals surface area contributed by atoms with Gasteiger partial charge in [-0.3, -0.25) is 14.8 Å². The molecule has 0 bridgehead atoms. The van der Waals surface area contributed by atoms with Crippen LogP contribution in [0.25, 0.3) is 10.9 Å². The van der Waals surface area contributed by atoms with Crippen LogP contribution in [0.3, 0.4) is 0 Å². The van der Waals surface area contributed by atoms with Crippen LogP contribution in [0, 0.1) is 13.8 Å². The second-order valence-corrected chi connectivity index (χ2v) is 7.69. The van der Waals surface area contributed by atoms with Crippen molar-refractivity contribution in [1.82, 2.24) is 15.3 Å². The van der Waals surface area contributed by atoms with Crippen molar-refractivity contribution in [2.75, 3.05) is 0 Å². The lowest BCUT2D eigenvalue weighted by molar-refractivity contribution is 0.0939. The maximum Gasteiger partial charge on any atom is 0.253 e. The lowest BCUT2D eigenvalue weighted by atomic mass is 10.1. The van der Waals surface area contributed by atoms with E-state index in [1.54, 1.807) is 6.20 Å². The number of aryl methyl sites for hydroxylation is 2. The molecule has 0 saturated heterocycles. The molecule has 0 radical (unpaired) electrons. The van der Waals surface area contributed by atoms with Gasteiger partial charge in [0.25, 0.3) is 5.91 Å². The van der Waals surface area contributed by atoms with Crippen molar-refractivity contribution in [3.05, 3.63) is 101 Å². The Bertz CT molecular complexity index is 1220. The number of ether oxygens (including phenoxy) is 1. The van der Waals surface area contributed by atoms with Gasteiger partial charge in [-0.15, -0.1) is 0 Å². The highest BCUT2D eigenvalue weighted by atomic mass is 16.5. The van der Waals surface area contributed by atoms with E-state index < -0.39 is 0 Å². The number of hydrogen-bond acceptors (Lipinski definition) is 4. The predicted octanol–water partition coefficient (Wildman–Crippen LogP) is 5.32. The van der Waals surface area contributed by atoms with E-state index in [2.05, 4.69) is 15.3 Å².